The first-order valence-corrected chi connectivity index (χ1v) is 10.4. The lowest BCUT2D eigenvalue weighted by Gasteiger charge is -2.17. The second-order valence-corrected chi connectivity index (χ2v) is 7.88. The molecular weight excluding hydrogens is 433 g/mol. The summed E-state index contributed by atoms with van der Waals surface area (Å²) in [6, 6.07) is 20.2. The number of nitrogens with zero attached hydrogens (tertiary/aromatic N) is 1. The van der Waals surface area contributed by atoms with Crippen LogP contribution < -0.4 is 20.5 Å². The number of hydrogen-bond acceptors (Lipinski definition) is 4. The Bertz CT molecular complexity index is 1110. The Hall–Kier alpha value is -3.58. The average molecular weight is 454 g/mol. The fourth-order valence-corrected chi connectivity index (χ4v) is 3.53. The second kappa shape index (κ2) is 9.70. The van der Waals surface area contributed by atoms with E-state index in [9.17, 15) is 14.0 Å². The average Bonchev–Trinajstić information content (AvgIpc) is 3.19. The Labute approximate surface area is 189 Å². The van der Waals surface area contributed by atoms with Gasteiger partial charge in [-0.05, 0) is 54.1 Å². The molecule has 1 aliphatic heterocycles. The van der Waals surface area contributed by atoms with E-state index in [1.165, 1.54) is 29.2 Å². The molecule has 164 valence electrons. The molecule has 3 aromatic carbocycles. The zero-order valence-corrected chi connectivity index (χ0v) is 17.8. The summed E-state index contributed by atoms with van der Waals surface area (Å²) in [4.78, 5) is 26.4. The van der Waals surface area contributed by atoms with Gasteiger partial charge >= 0.3 is 0 Å². The molecule has 2 amide bonds. The van der Waals surface area contributed by atoms with Crippen LogP contribution in [0.4, 0.5) is 15.8 Å². The van der Waals surface area contributed by atoms with Crippen LogP contribution in [0.2, 0.25) is 5.02 Å². The number of halogens is 2. The maximum absolute atomic E-state index is 13.1. The molecule has 0 aliphatic carbocycles. The van der Waals surface area contributed by atoms with Gasteiger partial charge in [0.25, 0.3) is 0 Å². The van der Waals surface area contributed by atoms with Gasteiger partial charge < -0.3 is 9.64 Å². The van der Waals surface area contributed by atoms with Crippen LogP contribution in [-0.4, -0.2) is 18.4 Å². The second-order valence-electron chi connectivity index (χ2n) is 7.44. The van der Waals surface area contributed by atoms with Gasteiger partial charge in [-0.1, -0.05) is 29.8 Å². The van der Waals surface area contributed by atoms with Crippen LogP contribution in [0.1, 0.15) is 12.0 Å². The van der Waals surface area contributed by atoms with Crippen LogP contribution in [0.15, 0.2) is 72.8 Å². The minimum atomic E-state index is -0.510. The van der Waals surface area contributed by atoms with Crippen LogP contribution in [0, 0.1) is 11.7 Å². The van der Waals surface area contributed by atoms with Crippen molar-refractivity contribution >= 4 is 34.8 Å². The maximum Gasteiger partial charge on any atom is 0.243 e. The zero-order valence-electron chi connectivity index (χ0n) is 17.1. The fraction of sp³-hybridized carbons (Fsp3) is 0.167. The molecule has 1 aliphatic rings. The minimum absolute atomic E-state index is 0.0924. The van der Waals surface area contributed by atoms with E-state index in [0.29, 0.717) is 28.8 Å². The first kappa shape index (κ1) is 21.6. The van der Waals surface area contributed by atoms with Crippen molar-refractivity contribution in [3.63, 3.8) is 0 Å². The van der Waals surface area contributed by atoms with E-state index in [2.05, 4.69) is 10.9 Å². The van der Waals surface area contributed by atoms with Gasteiger partial charge in [-0.15, -0.1) is 0 Å². The zero-order chi connectivity index (χ0) is 22.5. The molecule has 1 atom stereocenters. The summed E-state index contributed by atoms with van der Waals surface area (Å²) in [6.07, 6.45) is 0.0924. The van der Waals surface area contributed by atoms with Crippen LogP contribution >= 0.6 is 11.6 Å². The summed E-state index contributed by atoms with van der Waals surface area (Å²) < 4.78 is 18.9. The van der Waals surface area contributed by atoms with Gasteiger partial charge in [0.1, 0.15) is 18.2 Å². The number of hydrazine groups is 1. The number of anilines is 2. The molecule has 4 rings (SSSR count). The van der Waals surface area contributed by atoms with E-state index in [0.717, 1.165) is 5.56 Å². The Morgan fingerprint density at radius 1 is 1.09 bits per heavy atom. The van der Waals surface area contributed by atoms with E-state index >= 15 is 0 Å². The van der Waals surface area contributed by atoms with Gasteiger partial charge in [-0.2, -0.15) is 0 Å². The Morgan fingerprint density at radius 2 is 1.84 bits per heavy atom. The predicted molar refractivity (Wildman–Crippen MR) is 121 cm³/mol. The third-order valence-corrected chi connectivity index (χ3v) is 5.37. The monoisotopic (exact) mass is 453 g/mol. The maximum atomic E-state index is 13.1. The number of carbonyl (C=O) groups excluding carboxylic acids is 2. The highest BCUT2D eigenvalue weighted by atomic mass is 35.5. The lowest BCUT2D eigenvalue weighted by atomic mass is 10.1. The van der Waals surface area contributed by atoms with Gasteiger partial charge in [-0.3, -0.25) is 20.4 Å². The molecule has 3 aromatic rings. The third kappa shape index (κ3) is 5.36. The van der Waals surface area contributed by atoms with Crippen molar-refractivity contribution < 1.29 is 18.7 Å². The number of benzene rings is 3. The Morgan fingerprint density at radius 3 is 2.59 bits per heavy atom. The van der Waals surface area contributed by atoms with Crippen LogP contribution in [0.25, 0.3) is 0 Å². The largest absolute Gasteiger partial charge is 0.489 e. The number of nitrogens with one attached hydrogen (secondary N) is 2. The Balaban J connectivity index is 1.30. The van der Waals surface area contributed by atoms with Crippen LogP contribution in [0.5, 0.6) is 5.75 Å². The van der Waals surface area contributed by atoms with Crippen LogP contribution in [-0.2, 0) is 16.2 Å². The first-order chi connectivity index (χ1) is 15.5. The molecule has 0 saturated carbocycles. The van der Waals surface area contributed by atoms with Gasteiger partial charge in [0.2, 0.25) is 11.8 Å². The number of amides is 2. The van der Waals surface area contributed by atoms with Crippen LogP contribution in [0.3, 0.4) is 0 Å². The van der Waals surface area contributed by atoms with Crippen molar-refractivity contribution in [2.75, 3.05) is 16.9 Å². The number of ether oxygens (including phenoxy) is 1. The molecule has 0 radical (unpaired) electrons. The molecule has 0 aromatic heterocycles. The van der Waals surface area contributed by atoms with Gasteiger partial charge in [-0.25, -0.2) is 4.39 Å². The van der Waals surface area contributed by atoms with E-state index in [-0.39, 0.29) is 30.6 Å². The standard InChI is InChI=1S/C24H21ClFN3O3/c25-18-6-4-16(5-7-18)15-32-22-3-1-2-20(13-22)27-28-24(31)17-12-23(30)29(14-17)21-10-8-19(26)9-11-21/h1-11,13,17,27H,12,14-15H2,(H,28,31)/t17-/m0/s1. The van der Waals surface area contributed by atoms with Crippen molar-refractivity contribution in [1.82, 2.24) is 5.43 Å². The van der Waals surface area contributed by atoms with Gasteiger partial charge in [0.15, 0.2) is 0 Å². The molecule has 0 unspecified atom stereocenters. The van der Waals surface area contributed by atoms with Crippen molar-refractivity contribution in [1.29, 1.82) is 0 Å². The summed E-state index contributed by atoms with van der Waals surface area (Å²) in [6.45, 7) is 0.624. The molecule has 1 fully saturated rings. The molecule has 1 saturated heterocycles. The smallest absolute Gasteiger partial charge is 0.243 e. The molecule has 6 nitrogen and oxygen atoms in total. The highest BCUT2D eigenvalue weighted by molar-refractivity contribution is 6.30. The summed E-state index contributed by atoms with van der Waals surface area (Å²) >= 11 is 5.89. The highest BCUT2D eigenvalue weighted by Crippen LogP contribution is 2.25. The van der Waals surface area contributed by atoms with E-state index in [1.54, 1.807) is 30.3 Å². The molecule has 0 spiro atoms. The summed E-state index contributed by atoms with van der Waals surface area (Å²) in [5, 5.41) is 0.667. The van der Waals surface area contributed by atoms with E-state index in [1.807, 2.05) is 18.2 Å². The number of hydrogen-bond donors (Lipinski definition) is 2. The van der Waals surface area contributed by atoms with Crippen molar-refractivity contribution in [3.8, 4) is 5.75 Å². The Kier molecular flexibility index (Phi) is 6.56. The summed E-state index contributed by atoms with van der Waals surface area (Å²) in [5.41, 5.74) is 7.72. The van der Waals surface area contributed by atoms with E-state index < -0.39 is 5.92 Å². The topological polar surface area (TPSA) is 70.7 Å². The number of carbonyl (C=O) groups is 2. The minimum Gasteiger partial charge on any atom is -0.489 e. The SMILES string of the molecule is O=C(NNc1cccc(OCc2ccc(Cl)cc2)c1)[C@H]1CC(=O)N(c2ccc(F)cc2)C1. The lowest BCUT2D eigenvalue weighted by Crippen LogP contribution is -2.36. The molecule has 32 heavy (non-hydrogen) atoms. The fourth-order valence-electron chi connectivity index (χ4n) is 3.40. The van der Waals surface area contributed by atoms with Crippen molar-refractivity contribution in [2.24, 2.45) is 5.92 Å². The van der Waals surface area contributed by atoms with Gasteiger partial charge in [0.05, 0.1) is 11.6 Å². The quantitative estimate of drug-likeness (QED) is 0.515. The first-order valence-electron chi connectivity index (χ1n) is 10.1. The normalized spacial score (nSPS) is 15.5. The number of rotatable bonds is 7. The molecular formula is C24H21ClFN3O3. The van der Waals surface area contributed by atoms with E-state index in [4.69, 9.17) is 16.3 Å². The molecule has 1 heterocycles. The molecule has 0 bridgehead atoms. The highest BCUT2D eigenvalue weighted by Gasteiger charge is 2.35. The van der Waals surface area contributed by atoms with Crippen molar-refractivity contribution in [3.05, 3.63) is 89.2 Å². The lowest BCUT2D eigenvalue weighted by molar-refractivity contribution is -0.125. The summed E-state index contributed by atoms with van der Waals surface area (Å²) in [5.74, 6) is -0.717. The molecule has 8 heteroatoms. The summed E-state index contributed by atoms with van der Waals surface area (Å²) in [7, 11) is 0. The van der Waals surface area contributed by atoms with Gasteiger partial charge in [0, 0.05) is 29.7 Å². The molecule has 2 N–H and O–H groups in total. The third-order valence-electron chi connectivity index (χ3n) is 5.12. The predicted octanol–water partition coefficient (Wildman–Crippen LogP) is 4.55. The van der Waals surface area contributed by atoms with Crippen molar-refractivity contribution in [2.45, 2.75) is 13.0 Å².